The number of benzene rings is 1. The molecule has 0 aliphatic heterocycles. The molecule has 1 aromatic rings. The summed E-state index contributed by atoms with van der Waals surface area (Å²) in [6.07, 6.45) is 5.99. The van der Waals surface area contributed by atoms with Crippen LogP contribution >= 0.6 is 30.6 Å². The minimum Gasteiger partial charge on any atom is -0.0994 e. The van der Waals surface area contributed by atoms with E-state index in [1.165, 1.54) is 24.4 Å². The summed E-state index contributed by atoms with van der Waals surface area (Å²) in [5, 5.41) is -0.326. The highest BCUT2D eigenvalue weighted by Crippen LogP contribution is 2.21. The zero-order valence-corrected chi connectivity index (χ0v) is 13.1. The van der Waals surface area contributed by atoms with Crippen LogP contribution in [0.4, 0.5) is 0 Å². The van der Waals surface area contributed by atoms with E-state index in [-0.39, 0.29) is 0 Å². The Hall–Kier alpha value is 0.137. The van der Waals surface area contributed by atoms with Gasteiger partial charge in [-0.2, -0.15) is 0 Å². The Balaban J connectivity index is 2.63. The van der Waals surface area contributed by atoms with E-state index in [1.54, 1.807) is 0 Å². The lowest BCUT2D eigenvalue weighted by atomic mass is 10.2. The van der Waals surface area contributed by atoms with Crippen LogP contribution in [0, 0.1) is 0 Å². The second-order valence-corrected chi connectivity index (χ2v) is 16.4. The summed E-state index contributed by atoms with van der Waals surface area (Å²) in [4.78, 5) is 0. The fourth-order valence-electron chi connectivity index (χ4n) is 1.31. The third-order valence-corrected chi connectivity index (χ3v) is 8.30. The van der Waals surface area contributed by atoms with Gasteiger partial charge in [0.2, 0.25) is 0 Å². The third-order valence-electron chi connectivity index (χ3n) is 2.21. The molecule has 0 fully saturated rings. The molecule has 0 atom stereocenters. The molecule has 3 heteroatoms. The molecule has 0 N–H and O–H groups in total. The first-order chi connectivity index (χ1) is 7.17. The van der Waals surface area contributed by atoms with Crippen molar-refractivity contribution in [2.45, 2.75) is 26.2 Å². The van der Waals surface area contributed by atoms with Gasteiger partial charge in [0, 0.05) is 0 Å². The first kappa shape index (κ1) is 13.2. The normalized spacial score (nSPS) is 12.2. The van der Waals surface area contributed by atoms with Gasteiger partial charge >= 0.3 is 0 Å². The Morgan fingerprint density at radius 2 is 1.87 bits per heavy atom. The summed E-state index contributed by atoms with van der Waals surface area (Å²) in [5.74, 6) is 0. The number of allylic oxidation sites excluding steroid dienone is 1. The summed E-state index contributed by atoms with van der Waals surface area (Å²) < 4.78 is 0. The van der Waals surface area contributed by atoms with Crippen LogP contribution in [-0.2, 0) is 0 Å². The summed E-state index contributed by atoms with van der Waals surface area (Å²) in [6, 6.07) is 10.5. The van der Waals surface area contributed by atoms with Gasteiger partial charge in [0.05, 0.1) is 0 Å². The Morgan fingerprint density at radius 3 is 2.47 bits per heavy atom. The van der Waals surface area contributed by atoms with Gasteiger partial charge in [-0.1, -0.05) is 92.5 Å². The van der Waals surface area contributed by atoms with Crippen molar-refractivity contribution < 1.29 is 0 Å². The van der Waals surface area contributed by atoms with Crippen LogP contribution in [0.25, 0.3) is 0 Å². The monoisotopic (exact) mass is 346 g/mol. The lowest BCUT2D eigenvalue weighted by molar-refractivity contribution is 0.815. The molecule has 0 aromatic heterocycles. The molecule has 1 rings (SSSR count). The van der Waals surface area contributed by atoms with Crippen molar-refractivity contribution in [2.24, 2.45) is 0 Å². The van der Waals surface area contributed by atoms with E-state index in [2.05, 4.69) is 79.6 Å². The average molecular weight is 348 g/mol. The van der Waals surface area contributed by atoms with Crippen molar-refractivity contribution in [1.82, 2.24) is 0 Å². The number of halogens is 2. The molecule has 15 heavy (non-hydrogen) atoms. The molecule has 0 bridgehead atoms. The molecule has 0 heterocycles. The summed E-state index contributed by atoms with van der Waals surface area (Å²) in [7, 11) is 0. The van der Waals surface area contributed by atoms with Crippen molar-refractivity contribution >= 4 is 41.1 Å². The van der Waals surface area contributed by atoms with Crippen LogP contribution in [-0.4, -0.2) is 5.31 Å². The van der Waals surface area contributed by atoms with Gasteiger partial charge in [-0.25, -0.2) is 0 Å². The first-order valence-corrected chi connectivity index (χ1v) is 11.9. The maximum absolute atomic E-state index is 3.81. The summed E-state index contributed by atoms with van der Waals surface area (Å²) in [6.45, 7) is 2.22. The maximum Gasteiger partial charge on any atom is 0.252 e. The second kappa shape index (κ2) is 6.66. The zero-order chi connectivity index (χ0) is 11.1. The van der Waals surface area contributed by atoms with E-state index >= 15 is 0 Å². The topological polar surface area (TPSA) is 0 Å². The van der Waals surface area contributed by atoms with Crippen LogP contribution in [0.3, 0.4) is 0 Å². The molecule has 1 aromatic carbocycles. The molecule has 0 aliphatic carbocycles. The van der Waals surface area contributed by atoms with Crippen LogP contribution in [0.5, 0.6) is 0 Å². The lowest BCUT2D eigenvalue weighted by Gasteiger charge is -2.13. The Bertz CT molecular complexity index is 307. The number of hydrogen-bond donors (Lipinski definition) is 0. The van der Waals surface area contributed by atoms with Crippen LogP contribution in [0.2, 0.25) is 0 Å². The van der Waals surface area contributed by atoms with Gasteiger partial charge in [-0.15, -0.1) is 0 Å². The van der Waals surface area contributed by atoms with Gasteiger partial charge in [0.25, 0.3) is 5.31 Å². The van der Waals surface area contributed by atoms with Crippen molar-refractivity contribution in [3.8, 4) is 0 Å². The maximum atomic E-state index is 3.81. The molecule has 0 saturated heterocycles. The first-order valence-electron chi connectivity index (χ1n) is 5.28. The highest BCUT2D eigenvalue weighted by Gasteiger charge is 2.24. The molecular formula is C12H16Br2Si. The van der Waals surface area contributed by atoms with Crippen molar-refractivity contribution in [1.29, 1.82) is 0 Å². The molecule has 0 radical (unpaired) electrons. The van der Waals surface area contributed by atoms with Crippen molar-refractivity contribution in [2.75, 3.05) is 0 Å². The third kappa shape index (κ3) is 4.66. The van der Waals surface area contributed by atoms with Crippen LogP contribution in [0.15, 0.2) is 42.1 Å². The molecule has 0 amide bonds. The minimum atomic E-state index is -1.68. The lowest BCUT2D eigenvalue weighted by Crippen LogP contribution is -2.32. The van der Waals surface area contributed by atoms with Gasteiger partial charge in [-0.3, -0.25) is 0 Å². The van der Waals surface area contributed by atoms with E-state index in [1.807, 2.05) is 0 Å². The van der Waals surface area contributed by atoms with Gasteiger partial charge < -0.3 is 0 Å². The number of hydrogen-bond acceptors (Lipinski definition) is 0. The molecule has 0 spiro atoms. The summed E-state index contributed by atoms with van der Waals surface area (Å²) in [5.41, 5.74) is 2.30. The Kier molecular flexibility index (Phi) is 5.86. The van der Waals surface area contributed by atoms with E-state index < -0.39 is 5.31 Å². The van der Waals surface area contributed by atoms with Gasteiger partial charge in [-0.05, 0) is 11.6 Å². The fraction of sp³-hybridized carbons (Fsp3) is 0.333. The van der Waals surface area contributed by atoms with Crippen molar-refractivity contribution in [3.63, 3.8) is 0 Å². The quantitative estimate of drug-likeness (QED) is 0.420. The van der Waals surface area contributed by atoms with Crippen LogP contribution in [0.1, 0.15) is 26.2 Å². The van der Waals surface area contributed by atoms with Gasteiger partial charge in [0.1, 0.15) is 0 Å². The standard InChI is InChI=1S/C12H16Br2Si/c1-2-3-4-8-11-15(13,14)12-9-6-5-7-10-12/h5-11H,2-4H2,1H3. The molecular weight excluding hydrogens is 332 g/mol. The highest BCUT2D eigenvalue weighted by atomic mass is 79.9. The highest BCUT2D eigenvalue weighted by molar-refractivity contribution is 9.52. The largest absolute Gasteiger partial charge is 0.252 e. The molecule has 0 nitrogen and oxygen atoms in total. The Morgan fingerprint density at radius 1 is 1.20 bits per heavy atom. The molecule has 82 valence electrons. The number of rotatable bonds is 5. The fourth-order valence-corrected chi connectivity index (χ4v) is 5.31. The van der Waals surface area contributed by atoms with E-state index in [0.29, 0.717) is 0 Å². The predicted molar refractivity (Wildman–Crippen MR) is 78.3 cm³/mol. The van der Waals surface area contributed by atoms with E-state index in [9.17, 15) is 0 Å². The second-order valence-electron chi connectivity index (χ2n) is 3.53. The molecule has 0 aliphatic rings. The van der Waals surface area contributed by atoms with E-state index in [0.717, 1.165) is 0 Å². The van der Waals surface area contributed by atoms with Crippen molar-refractivity contribution in [3.05, 3.63) is 42.1 Å². The zero-order valence-electron chi connectivity index (χ0n) is 8.92. The average Bonchev–Trinajstić information content (AvgIpc) is 2.26. The predicted octanol–water partition coefficient (Wildman–Crippen LogP) is 4.41. The number of unbranched alkanes of at least 4 members (excludes halogenated alkanes) is 2. The van der Waals surface area contributed by atoms with Gasteiger partial charge in [0.15, 0.2) is 0 Å². The Labute approximate surface area is 109 Å². The smallest absolute Gasteiger partial charge is 0.0994 e. The van der Waals surface area contributed by atoms with E-state index in [4.69, 9.17) is 0 Å². The summed E-state index contributed by atoms with van der Waals surface area (Å²) >= 11 is 7.62. The van der Waals surface area contributed by atoms with Crippen LogP contribution < -0.4 is 5.19 Å². The minimum absolute atomic E-state index is 1.18. The molecule has 0 unspecified atom stereocenters. The SMILES string of the molecule is CCCCC=C[Si](Br)(Br)c1ccccc1. The molecule has 0 saturated carbocycles.